The second-order valence-electron chi connectivity index (χ2n) is 3.80. The molecular weight excluding hydrogens is 274 g/mol. The molecule has 0 aliphatic rings. The minimum absolute atomic E-state index is 0.0692. The van der Waals surface area contributed by atoms with Gasteiger partial charge in [-0.1, -0.05) is 11.6 Å². The third kappa shape index (κ3) is 2.74. The molecule has 0 amide bonds. The van der Waals surface area contributed by atoms with Crippen molar-refractivity contribution >= 4 is 17.4 Å². The summed E-state index contributed by atoms with van der Waals surface area (Å²) in [4.78, 5) is 12.1. The summed E-state index contributed by atoms with van der Waals surface area (Å²) < 4.78 is 31.7. The Morgan fingerprint density at radius 1 is 1.11 bits per heavy atom. The van der Waals surface area contributed by atoms with Crippen molar-refractivity contribution in [2.45, 2.75) is 0 Å². The van der Waals surface area contributed by atoms with E-state index in [4.69, 9.17) is 16.3 Å². The average molecular weight is 283 g/mol. The van der Waals surface area contributed by atoms with Crippen LogP contribution in [0.3, 0.4) is 0 Å². The SMILES string of the molecule is COc1cc(C(=O)c2ccc(Cl)cc2F)ccc1F. The second-order valence-corrected chi connectivity index (χ2v) is 4.24. The number of carbonyl (C=O) groups excluding carboxylic acids is 1. The molecule has 0 N–H and O–H groups in total. The monoisotopic (exact) mass is 282 g/mol. The fraction of sp³-hybridized carbons (Fsp3) is 0.0714. The third-order valence-electron chi connectivity index (χ3n) is 2.59. The lowest BCUT2D eigenvalue weighted by molar-refractivity contribution is 0.103. The molecule has 19 heavy (non-hydrogen) atoms. The number of ether oxygens (including phenoxy) is 1. The number of hydrogen-bond donors (Lipinski definition) is 0. The quantitative estimate of drug-likeness (QED) is 0.799. The van der Waals surface area contributed by atoms with Gasteiger partial charge in [0.05, 0.1) is 12.7 Å². The van der Waals surface area contributed by atoms with Gasteiger partial charge in [-0.05, 0) is 36.4 Å². The lowest BCUT2D eigenvalue weighted by Gasteiger charge is -2.06. The standard InChI is InChI=1S/C14H9ClF2O2/c1-19-13-6-8(2-5-11(13)16)14(18)10-4-3-9(15)7-12(10)17/h2-7H,1H3. The van der Waals surface area contributed by atoms with Gasteiger partial charge in [0.1, 0.15) is 5.82 Å². The van der Waals surface area contributed by atoms with Gasteiger partial charge in [0, 0.05) is 10.6 Å². The molecular formula is C14H9ClF2O2. The van der Waals surface area contributed by atoms with E-state index in [1.807, 2.05) is 0 Å². The van der Waals surface area contributed by atoms with Crippen molar-refractivity contribution in [3.8, 4) is 5.75 Å². The smallest absolute Gasteiger partial charge is 0.196 e. The van der Waals surface area contributed by atoms with Crippen LogP contribution >= 0.6 is 11.6 Å². The summed E-state index contributed by atoms with van der Waals surface area (Å²) >= 11 is 5.62. The maximum Gasteiger partial charge on any atom is 0.196 e. The van der Waals surface area contributed by atoms with Crippen LogP contribution in [0.4, 0.5) is 8.78 Å². The van der Waals surface area contributed by atoms with Crippen LogP contribution in [-0.4, -0.2) is 12.9 Å². The predicted octanol–water partition coefficient (Wildman–Crippen LogP) is 3.86. The van der Waals surface area contributed by atoms with Crippen molar-refractivity contribution in [2.75, 3.05) is 7.11 Å². The summed E-state index contributed by atoms with van der Waals surface area (Å²) in [5.74, 6) is -1.94. The Bertz CT molecular complexity index is 641. The van der Waals surface area contributed by atoms with Crippen molar-refractivity contribution in [1.82, 2.24) is 0 Å². The Morgan fingerprint density at radius 2 is 1.84 bits per heavy atom. The maximum absolute atomic E-state index is 13.6. The lowest BCUT2D eigenvalue weighted by atomic mass is 10.0. The van der Waals surface area contributed by atoms with Gasteiger partial charge in [0.25, 0.3) is 0 Å². The third-order valence-corrected chi connectivity index (χ3v) is 2.82. The van der Waals surface area contributed by atoms with Gasteiger partial charge < -0.3 is 4.74 Å². The van der Waals surface area contributed by atoms with Crippen molar-refractivity contribution in [3.63, 3.8) is 0 Å². The highest BCUT2D eigenvalue weighted by Crippen LogP contribution is 2.22. The van der Waals surface area contributed by atoms with Crippen LogP contribution < -0.4 is 4.74 Å². The molecule has 0 aliphatic heterocycles. The van der Waals surface area contributed by atoms with Crippen LogP contribution in [0.2, 0.25) is 5.02 Å². The zero-order valence-electron chi connectivity index (χ0n) is 9.91. The second kappa shape index (κ2) is 5.36. The average Bonchev–Trinajstić information content (AvgIpc) is 2.38. The van der Waals surface area contributed by atoms with E-state index < -0.39 is 17.4 Å². The molecule has 0 unspecified atom stereocenters. The summed E-state index contributed by atoms with van der Waals surface area (Å²) in [7, 11) is 1.29. The van der Waals surface area contributed by atoms with E-state index in [0.29, 0.717) is 0 Å². The molecule has 0 spiro atoms. The first-order valence-electron chi connectivity index (χ1n) is 5.36. The highest BCUT2D eigenvalue weighted by atomic mass is 35.5. The Labute approximate surface area is 113 Å². The van der Waals surface area contributed by atoms with Crippen LogP contribution in [0, 0.1) is 11.6 Å². The number of ketones is 1. The zero-order chi connectivity index (χ0) is 14.0. The van der Waals surface area contributed by atoms with Crippen molar-refractivity contribution in [1.29, 1.82) is 0 Å². The van der Waals surface area contributed by atoms with Crippen LogP contribution in [0.5, 0.6) is 5.75 Å². The fourth-order valence-electron chi connectivity index (χ4n) is 1.63. The first kappa shape index (κ1) is 13.5. The molecule has 5 heteroatoms. The van der Waals surface area contributed by atoms with Crippen LogP contribution in [0.25, 0.3) is 0 Å². The molecule has 98 valence electrons. The normalized spacial score (nSPS) is 10.3. The highest BCUT2D eigenvalue weighted by molar-refractivity contribution is 6.30. The topological polar surface area (TPSA) is 26.3 Å². The van der Waals surface area contributed by atoms with E-state index in [1.165, 1.54) is 31.4 Å². The van der Waals surface area contributed by atoms with Crippen LogP contribution in [0.15, 0.2) is 36.4 Å². The van der Waals surface area contributed by atoms with E-state index in [9.17, 15) is 13.6 Å². The van der Waals surface area contributed by atoms with Gasteiger partial charge >= 0.3 is 0 Å². The van der Waals surface area contributed by atoms with Gasteiger partial charge in [-0.25, -0.2) is 8.78 Å². The molecule has 0 saturated carbocycles. The van der Waals surface area contributed by atoms with Gasteiger partial charge in [0.15, 0.2) is 17.3 Å². The Balaban J connectivity index is 2.44. The van der Waals surface area contributed by atoms with E-state index in [-0.39, 0.29) is 21.9 Å². The largest absolute Gasteiger partial charge is 0.494 e. The Hall–Kier alpha value is -1.94. The number of rotatable bonds is 3. The summed E-state index contributed by atoms with van der Waals surface area (Å²) in [6.07, 6.45) is 0. The van der Waals surface area contributed by atoms with E-state index in [1.54, 1.807) is 0 Å². The fourth-order valence-corrected chi connectivity index (χ4v) is 1.79. The van der Waals surface area contributed by atoms with Crippen molar-refractivity contribution < 1.29 is 18.3 Å². The van der Waals surface area contributed by atoms with Crippen molar-refractivity contribution in [2.24, 2.45) is 0 Å². The summed E-state index contributed by atoms with van der Waals surface area (Å²) in [5, 5.41) is 0.200. The maximum atomic E-state index is 13.6. The molecule has 0 atom stereocenters. The molecule has 0 bridgehead atoms. The molecule has 0 aliphatic carbocycles. The van der Waals surface area contributed by atoms with E-state index in [0.717, 1.165) is 12.1 Å². The number of benzene rings is 2. The van der Waals surface area contributed by atoms with Crippen LogP contribution in [0.1, 0.15) is 15.9 Å². The van der Waals surface area contributed by atoms with E-state index >= 15 is 0 Å². The minimum atomic E-state index is -0.721. The van der Waals surface area contributed by atoms with Gasteiger partial charge in [-0.3, -0.25) is 4.79 Å². The molecule has 2 rings (SSSR count). The Kier molecular flexibility index (Phi) is 3.81. The predicted molar refractivity (Wildman–Crippen MR) is 67.8 cm³/mol. The molecule has 0 radical (unpaired) electrons. The molecule has 0 fully saturated rings. The van der Waals surface area contributed by atoms with Gasteiger partial charge in [0.2, 0.25) is 0 Å². The minimum Gasteiger partial charge on any atom is -0.494 e. The molecule has 2 aromatic rings. The zero-order valence-corrected chi connectivity index (χ0v) is 10.7. The first-order chi connectivity index (χ1) is 9.02. The lowest BCUT2D eigenvalue weighted by Crippen LogP contribution is -2.05. The number of halogens is 3. The summed E-state index contributed by atoms with van der Waals surface area (Å²) in [6, 6.07) is 7.35. The summed E-state index contributed by atoms with van der Waals surface area (Å²) in [5.41, 5.74) is 0.0116. The Morgan fingerprint density at radius 3 is 2.47 bits per heavy atom. The van der Waals surface area contributed by atoms with E-state index in [2.05, 4.69) is 0 Å². The number of hydrogen-bond acceptors (Lipinski definition) is 2. The molecule has 0 aromatic heterocycles. The van der Waals surface area contributed by atoms with Crippen LogP contribution in [-0.2, 0) is 0 Å². The first-order valence-corrected chi connectivity index (χ1v) is 5.74. The number of methoxy groups -OCH3 is 1. The highest BCUT2D eigenvalue weighted by Gasteiger charge is 2.16. The molecule has 0 saturated heterocycles. The van der Waals surface area contributed by atoms with Crippen molar-refractivity contribution in [3.05, 3.63) is 64.2 Å². The van der Waals surface area contributed by atoms with Gasteiger partial charge in [-0.15, -0.1) is 0 Å². The molecule has 2 nitrogen and oxygen atoms in total. The summed E-state index contributed by atoms with van der Waals surface area (Å²) in [6.45, 7) is 0. The molecule has 2 aromatic carbocycles. The molecule has 0 heterocycles. The number of carbonyl (C=O) groups is 1. The van der Waals surface area contributed by atoms with Gasteiger partial charge in [-0.2, -0.15) is 0 Å².